The zero-order valence-corrected chi connectivity index (χ0v) is 14.5. The predicted molar refractivity (Wildman–Crippen MR) is 97.1 cm³/mol. The zero-order chi connectivity index (χ0) is 17.8. The van der Waals surface area contributed by atoms with Crippen LogP contribution in [0.5, 0.6) is 0 Å². The molecule has 0 bridgehead atoms. The Morgan fingerprint density at radius 3 is 2.44 bits per heavy atom. The first-order valence-electron chi connectivity index (χ1n) is 8.64. The molecule has 132 valence electrons. The molecule has 0 unspecified atom stereocenters. The third kappa shape index (κ3) is 4.23. The van der Waals surface area contributed by atoms with Gasteiger partial charge in [-0.25, -0.2) is 0 Å². The van der Waals surface area contributed by atoms with E-state index in [-0.39, 0.29) is 5.95 Å². The van der Waals surface area contributed by atoms with E-state index in [0.29, 0.717) is 24.0 Å². The van der Waals surface area contributed by atoms with E-state index in [9.17, 15) is 4.79 Å². The first-order valence-corrected chi connectivity index (χ1v) is 8.64. The molecule has 1 aromatic carbocycles. The fraction of sp³-hybridized carbons (Fsp3) is 0.444. The van der Waals surface area contributed by atoms with Gasteiger partial charge in [0.2, 0.25) is 17.8 Å². The SMILES string of the molecule is CN(Cc1ccc(C(N)=O)cc1)c1nc(N)nc(C2CCCCC2)n1. The number of carbonyl (C=O) groups excluding carboxylic acids is 1. The van der Waals surface area contributed by atoms with Crippen molar-refractivity contribution in [1.29, 1.82) is 0 Å². The molecule has 2 aromatic rings. The van der Waals surface area contributed by atoms with Gasteiger partial charge in [-0.15, -0.1) is 0 Å². The van der Waals surface area contributed by atoms with E-state index in [1.807, 2.05) is 24.1 Å². The number of nitrogens with zero attached hydrogens (tertiary/aromatic N) is 4. The zero-order valence-electron chi connectivity index (χ0n) is 14.5. The lowest BCUT2D eigenvalue weighted by Gasteiger charge is -2.22. The second-order valence-electron chi connectivity index (χ2n) is 6.60. The number of nitrogens with two attached hydrogens (primary N) is 2. The molecular formula is C18H24N6O. The maximum atomic E-state index is 11.2. The molecule has 0 spiro atoms. The molecule has 4 N–H and O–H groups in total. The third-order valence-corrected chi connectivity index (χ3v) is 4.63. The molecule has 1 saturated carbocycles. The summed E-state index contributed by atoms with van der Waals surface area (Å²) in [5, 5.41) is 0. The second-order valence-corrected chi connectivity index (χ2v) is 6.60. The number of benzene rings is 1. The van der Waals surface area contributed by atoms with Crippen LogP contribution < -0.4 is 16.4 Å². The molecule has 0 aliphatic heterocycles. The van der Waals surface area contributed by atoms with Crippen LogP contribution in [0.1, 0.15) is 59.8 Å². The van der Waals surface area contributed by atoms with Gasteiger partial charge >= 0.3 is 0 Å². The van der Waals surface area contributed by atoms with Crippen molar-refractivity contribution in [3.63, 3.8) is 0 Å². The summed E-state index contributed by atoms with van der Waals surface area (Å²) in [6.07, 6.45) is 5.94. The van der Waals surface area contributed by atoms with E-state index in [4.69, 9.17) is 11.5 Å². The van der Waals surface area contributed by atoms with E-state index >= 15 is 0 Å². The highest BCUT2D eigenvalue weighted by Gasteiger charge is 2.20. The average Bonchev–Trinajstić information content (AvgIpc) is 2.62. The number of primary amides is 1. The number of nitrogen functional groups attached to an aromatic ring is 1. The number of rotatable bonds is 5. The monoisotopic (exact) mass is 340 g/mol. The molecule has 7 heteroatoms. The number of aromatic nitrogens is 3. The van der Waals surface area contributed by atoms with E-state index in [1.54, 1.807) is 12.1 Å². The Bertz CT molecular complexity index is 740. The van der Waals surface area contributed by atoms with Crippen LogP contribution in [0.4, 0.5) is 11.9 Å². The van der Waals surface area contributed by atoms with Crippen molar-refractivity contribution >= 4 is 17.8 Å². The summed E-state index contributed by atoms with van der Waals surface area (Å²) >= 11 is 0. The van der Waals surface area contributed by atoms with Gasteiger partial charge in [0.15, 0.2) is 0 Å². The van der Waals surface area contributed by atoms with Gasteiger partial charge in [-0.3, -0.25) is 4.79 Å². The molecule has 1 aliphatic rings. The van der Waals surface area contributed by atoms with Gasteiger partial charge in [0.1, 0.15) is 5.82 Å². The van der Waals surface area contributed by atoms with Crippen molar-refractivity contribution in [3.05, 3.63) is 41.2 Å². The molecule has 0 atom stereocenters. The molecule has 1 heterocycles. The van der Waals surface area contributed by atoms with Gasteiger partial charge < -0.3 is 16.4 Å². The number of hydrogen-bond acceptors (Lipinski definition) is 6. The van der Waals surface area contributed by atoms with Crippen molar-refractivity contribution in [3.8, 4) is 0 Å². The van der Waals surface area contributed by atoms with Crippen LogP contribution in [-0.4, -0.2) is 27.9 Å². The van der Waals surface area contributed by atoms with Crippen molar-refractivity contribution in [2.75, 3.05) is 17.7 Å². The third-order valence-electron chi connectivity index (χ3n) is 4.63. The van der Waals surface area contributed by atoms with Gasteiger partial charge in [0.25, 0.3) is 0 Å². The molecule has 1 aliphatic carbocycles. The van der Waals surface area contributed by atoms with Gasteiger partial charge in [-0.1, -0.05) is 31.4 Å². The van der Waals surface area contributed by atoms with Gasteiger partial charge in [0, 0.05) is 25.1 Å². The van der Waals surface area contributed by atoms with E-state index in [2.05, 4.69) is 15.0 Å². The Hall–Kier alpha value is -2.70. The van der Waals surface area contributed by atoms with Crippen molar-refractivity contribution in [2.45, 2.75) is 44.6 Å². The standard InChI is InChI=1S/C18H24N6O/c1-24(11-12-7-9-13(10-8-12)15(19)25)18-22-16(21-17(20)23-18)14-5-3-2-4-6-14/h7-10,14H,2-6,11H2,1H3,(H2,19,25)(H2,20,21,22,23). The largest absolute Gasteiger partial charge is 0.368 e. The summed E-state index contributed by atoms with van der Waals surface area (Å²) in [6, 6.07) is 7.20. The van der Waals surface area contributed by atoms with Crippen molar-refractivity contribution < 1.29 is 4.79 Å². The molecule has 1 fully saturated rings. The predicted octanol–water partition coefficient (Wildman–Crippen LogP) is 2.24. The van der Waals surface area contributed by atoms with E-state index < -0.39 is 5.91 Å². The molecule has 25 heavy (non-hydrogen) atoms. The second kappa shape index (κ2) is 7.46. The van der Waals surface area contributed by atoms with Crippen molar-refractivity contribution in [1.82, 2.24) is 15.0 Å². The topological polar surface area (TPSA) is 111 Å². The van der Waals surface area contributed by atoms with Crippen molar-refractivity contribution in [2.24, 2.45) is 5.73 Å². The van der Waals surface area contributed by atoms with Crippen LogP contribution in [0.2, 0.25) is 0 Å². The van der Waals surface area contributed by atoms with Gasteiger partial charge in [-0.2, -0.15) is 15.0 Å². The van der Waals surface area contributed by atoms with Gasteiger partial charge in [0.05, 0.1) is 0 Å². The highest BCUT2D eigenvalue weighted by atomic mass is 16.1. The number of amides is 1. The summed E-state index contributed by atoms with van der Waals surface area (Å²) in [5.74, 6) is 1.59. The molecule has 1 aromatic heterocycles. The van der Waals surface area contributed by atoms with Gasteiger partial charge in [-0.05, 0) is 30.5 Å². The quantitative estimate of drug-likeness (QED) is 0.863. The smallest absolute Gasteiger partial charge is 0.248 e. The Balaban J connectivity index is 1.75. The highest BCUT2D eigenvalue weighted by molar-refractivity contribution is 5.92. The Labute approximate surface area is 147 Å². The molecule has 0 saturated heterocycles. The summed E-state index contributed by atoms with van der Waals surface area (Å²) in [5.41, 5.74) is 12.7. The number of carbonyl (C=O) groups is 1. The fourth-order valence-corrected chi connectivity index (χ4v) is 3.23. The van der Waals surface area contributed by atoms with E-state index in [0.717, 1.165) is 24.2 Å². The maximum absolute atomic E-state index is 11.2. The first-order chi connectivity index (χ1) is 12.0. The lowest BCUT2D eigenvalue weighted by atomic mass is 9.89. The molecule has 0 radical (unpaired) electrons. The van der Waals surface area contributed by atoms with E-state index in [1.165, 1.54) is 19.3 Å². The molecule has 7 nitrogen and oxygen atoms in total. The minimum Gasteiger partial charge on any atom is -0.368 e. The molecule has 3 rings (SSSR count). The maximum Gasteiger partial charge on any atom is 0.248 e. The van der Waals surface area contributed by atoms with Crippen LogP contribution in [0.25, 0.3) is 0 Å². The molecule has 1 amide bonds. The van der Waals surface area contributed by atoms with Crippen LogP contribution in [0.15, 0.2) is 24.3 Å². The Morgan fingerprint density at radius 2 is 1.80 bits per heavy atom. The van der Waals surface area contributed by atoms with Crippen LogP contribution in [0.3, 0.4) is 0 Å². The Morgan fingerprint density at radius 1 is 1.12 bits per heavy atom. The minimum absolute atomic E-state index is 0.265. The summed E-state index contributed by atoms with van der Waals surface area (Å²) in [4.78, 5) is 26.4. The number of hydrogen-bond donors (Lipinski definition) is 2. The summed E-state index contributed by atoms with van der Waals surface area (Å²) in [7, 11) is 1.92. The van der Waals surface area contributed by atoms with Crippen LogP contribution in [-0.2, 0) is 6.54 Å². The number of anilines is 2. The minimum atomic E-state index is -0.428. The normalized spacial score (nSPS) is 15.1. The lowest BCUT2D eigenvalue weighted by Crippen LogP contribution is -2.22. The average molecular weight is 340 g/mol. The highest BCUT2D eigenvalue weighted by Crippen LogP contribution is 2.31. The lowest BCUT2D eigenvalue weighted by molar-refractivity contribution is 0.100. The Kier molecular flexibility index (Phi) is 5.11. The summed E-state index contributed by atoms with van der Waals surface area (Å²) < 4.78 is 0. The molecular weight excluding hydrogens is 316 g/mol. The van der Waals surface area contributed by atoms with Crippen LogP contribution in [0, 0.1) is 0 Å². The first kappa shape index (κ1) is 17.1. The van der Waals surface area contributed by atoms with Crippen LogP contribution >= 0.6 is 0 Å². The fourth-order valence-electron chi connectivity index (χ4n) is 3.23. The summed E-state index contributed by atoms with van der Waals surface area (Å²) in [6.45, 7) is 0.604.